The Labute approximate surface area is 109 Å². The average Bonchev–Trinajstić information content (AvgIpc) is 2.35. The molecule has 0 unspecified atom stereocenters. The maximum atomic E-state index is 11.1. The second-order valence-electron chi connectivity index (χ2n) is 4.57. The molecule has 0 N–H and O–H groups in total. The Morgan fingerprint density at radius 2 is 1.83 bits per heavy atom. The second kappa shape index (κ2) is 6.43. The molecule has 1 rings (SSSR count). The molecule has 0 aliphatic rings. The number of rotatable bonds is 5. The number of aryl methyl sites for hydroxylation is 2. The van der Waals surface area contributed by atoms with E-state index in [2.05, 4.69) is 31.6 Å². The summed E-state index contributed by atoms with van der Waals surface area (Å²) in [5, 5.41) is 0. The van der Waals surface area contributed by atoms with Crippen LogP contribution in [-0.2, 0) is 16.0 Å². The van der Waals surface area contributed by atoms with Gasteiger partial charge in [-0.3, -0.25) is 4.79 Å². The summed E-state index contributed by atoms with van der Waals surface area (Å²) in [7, 11) is 3.13. The van der Waals surface area contributed by atoms with E-state index in [0.717, 1.165) is 24.2 Å². The van der Waals surface area contributed by atoms with Crippen molar-refractivity contribution in [2.24, 2.45) is 0 Å². The van der Waals surface area contributed by atoms with Gasteiger partial charge in [0.1, 0.15) is 5.75 Å². The Hall–Kier alpha value is -1.51. The highest BCUT2D eigenvalue weighted by Gasteiger charge is 2.11. The average molecular weight is 250 g/mol. The van der Waals surface area contributed by atoms with Gasteiger partial charge in [-0.2, -0.15) is 0 Å². The zero-order valence-corrected chi connectivity index (χ0v) is 11.9. The van der Waals surface area contributed by atoms with Crippen LogP contribution in [0.5, 0.6) is 5.75 Å². The molecule has 0 bridgehead atoms. The third-order valence-electron chi connectivity index (χ3n) is 3.39. The Bertz CT molecular complexity index is 436. The molecule has 0 heterocycles. The van der Waals surface area contributed by atoms with Crippen LogP contribution in [0, 0.1) is 20.8 Å². The van der Waals surface area contributed by atoms with Crippen molar-refractivity contribution in [1.82, 2.24) is 0 Å². The van der Waals surface area contributed by atoms with Gasteiger partial charge < -0.3 is 9.47 Å². The monoisotopic (exact) mass is 250 g/mol. The second-order valence-corrected chi connectivity index (χ2v) is 4.57. The van der Waals surface area contributed by atoms with Gasteiger partial charge in [0.05, 0.1) is 14.2 Å². The number of carbonyl (C=O) groups excluding carboxylic acids is 1. The molecule has 0 saturated carbocycles. The number of benzene rings is 1. The molecule has 0 aliphatic heterocycles. The summed E-state index contributed by atoms with van der Waals surface area (Å²) in [6.07, 6.45) is 2.19. The highest BCUT2D eigenvalue weighted by molar-refractivity contribution is 5.69. The predicted octanol–water partition coefficient (Wildman–Crippen LogP) is 3.12. The summed E-state index contributed by atoms with van der Waals surface area (Å²) in [5.74, 6) is 0.818. The topological polar surface area (TPSA) is 35.5 Å². The van der Waals surface area contributed by atoms with Crippen LogP contribution < -0.4 is 4.74 Å². The Morgan fingerprint density at radius 3 is 2.39 bits per heavy atom. The van der Waals surface area contributed by atoms with Gasteiger partial charge in [-0.15, -0.1) is 0 Å². The number of hydrogen-bond donors (Lipinski definition) is 0. The van der Waals surface area contributed by atoms with E-state index < -0.39 is 0 Å². The molecular weight excluding hydrogens is 228 g/mol. The van der Waals surface area contributed by atoms with Gasteiger partial charge in [0.25, 0.3) is 0 Å². The molecule has 0 radical (unpaired) electrons. The van der Waals surface area contributed by atoms with E-state index in [1.165, 1.54) is 23.8 Å². The van der Waals surface area contributed by atoms with Crippen LogP contribution in [-0.4, -0.2) is 20.2 Å². The quantitative estimate of drug-likeness (QED) is 0.753. The zero-order valence-electron chi connectivity index (χ0n) is 11.9. The summed E-state index contributed by atoms with van der Waals surface area (Å²) in [6.45, 7) is 6.23. The van der Waals surface area contributed by atoms with Gasteiger partial charge in [-0.05, 0) is 55.9 Å². The summed E-state index contributed by atoms with van der Waals surface area (Å²) in [4.78, 5) is 11.1. The number of hydrogen-bond acceptors (Lipinski definition) is 3. The van der Waals surface area contributed by atoms with Gasteiger partial charge in [0.15, 0.2) is 0 Å². The van der Waals surface area contributed by atoms with Gasteiger partial charge in [-0.25, -0.2) is 0 Å². The lowest BCUT2D eigenvalue weighted by atomic mass is 9.95. The highest BCUT2D eigenvalue weighted by atomic mass is 16.5. The first-order valence-electron chi connectivity index (χ1n) is 6.21. The van der Waals surface area contributed by atoms with Crippen molar-refractivity contribution in [1.29, 1.82) is 0 Å². The molecule has 0 fully saturated rings. The Morgan fingerprint density at radius 1 is 1.17 bits per heavy atom. The molecule has 100 valence electrons. The van der Waals surface area contributed by atoms with Crippen molar-refractivity contribution in [2.45, 2.75) is 40.0 Å². The van der Waals surface area contributed by atoms with Crippen molar-refractivity contribution in [3.05, 3.63) is 28.3 Å². The lowest BCUT2D eigenvalue weighted by molar-refractivity contribution is -0.140. The van der Waals surface area contributed by atoms with Gasteiger partial charge in [0, 0.05) is 6.42 Å². The fourth-order valence-electron chi connectivity index (χ4n) is 2.24. The lowest BCUT2D eigenvalue weighted by Gasteiger charge is -2.15. The van der Waals surface area contributed by atoms with Crippen molar-refractivity contribution in [3.63, 3.8) is 0 Å². The summed E-state index contributed by atoms with van der Waals surface area (Å²) in [5.41, 5.74) is 4.87. The number of methoxy groups -OCH3 is 2. The molecule has 0 atom stereocenters. The van der Waals surface area contributed by atoms with Crippen LogP contribution in [0.25, 0.3) is 0 Å². The number of carbonyl (C=O) groups is 1. The van der Waals surface area contributed by atoms with Crippen molar-refractivity contribution in [2.75, 3.05) is 14.2 Å². The van der Waals surface area contributed by atoms with Crippen LogP contribution in [0.4, 0.5) is 0 Å². The Kier molecular flexibility index (Phi) is 5.20. The Balaban J connectivity index is 2.81. The molecule has 3 heteroatoms. The maximum Gasteiger partial charge on any atom is 0.305 e. The van der Waals surface area contributed by atoms with Crippen LogP contribution in [0.1, 0.15) is 35.1 Å². The molecule has 1 aromatic carbocycles. The number of esters is 1. The molecule has 0 saturated heterocycles. The van der Waals surface area contributed by atoms with E-state index in [4.69, 9.17) is 4.74 Å². The van der Waals surface area contributed by atoms with Gasteiger partial charge >= 0.3 is 5.97 Å². The van der Waals surface area contributed by atoms with E-state index >= 15 is 0 Å². The zero-order chi connectivity index (χ0) is 13.7. The minimum absolute atomic E-state index is 0.144. The van der Waals surface area contributed by atoms with Gasteiger partial charge in [-0.1, -0.05) is 6.07 Å². The largest absolute Gasteiger partial charge is 0.496 e. The summed E-state index contributed by atoms with van der Waals surface area (Å²) >= 11 is 0. The molecule has 3 nitrogen and oxygen atoms in total. The first-order valence-corrected chi connectivity index (χ1v) is 6.21. The van der Waals surface area contributed by atoms with Crippen molar-refractivity contribution < 1.29 is 14.3 Å². The van der Waals surface area contributed by atoms with E-state index in [1.807, 2.05) is 0 Å². The SMILES string of the molecule is COC(=O)CCCc1cc(C)c(OC)c(C)c1C. The standard InChI is InChI=1S/C15H22O3/c1-10-9-13(7-6-8-14(16)17-4)11(2)12(3)15(10)18-5/h9H,6-8H2,1-5H3. The fraction of sp³-hybridized carbons (Fsp3) is 0.533. The van der Waals surface area contributed by atoms with Crippen molar-refractivity contribution in [3.8, 4) is 5.75 Å². The van der Waals surface area contributed by atoms with E-state index in [0.29, 0.717) is 6.42 Å². The molecule has 0 spiro atoms. The molecule has 18 heavy (non-hydrogen) atoms. The first-order chi connectivity index (χ1) is 8.51. The van der Waals surface area contributed by atoms with E-state index in [-0.39, 0.29) is 5.97 Å². The minimum atomic E-state index is -0.144. The minimum Gasteiger partial charge on any atom is -0.496 e. The van der Waals surface area contributed by atoms with E-state index in [9.17, 15) is 4.79 Å². The number of ether oxygens (including phenoxy) is 2. The summed E-state index contributed by atoms with van der Waals surface area (Å²) < 4.78 is 10.0. The lowest BCUT2D eigenvalue weighted by Crippen LogP contribution is -2.03. The van der Waals surface area contributed by atoms with Crippen LogP contribution in [0.2, 0.25) is 0 Å². The molecule has 0 amide bonds. The van der Waals surface area contributed by atoms with E-state index in [1.54, 1.807) is 7.11 Å². The van der Waals surface area contributed by atoms with Crippen LogP contribution in [0.3, 0.4) is 0 Å². The smallest absolute Gasteiger partial charge is 0.305 e. The third kappa shape index (κ3) is 3.25. The first kappa shape index (κ1) is 14.6. The molecule has 0 aliphatic carbocycles. The third-order valence-corrected chi connectivity index (χ3v) is 3.39. The maximum absolute atomic E-state index is 11.1. The van der Waals surface area contributed by atoms with Crippen LogP contribution >= 0.6 is 0 Å². The van der Waals surface area contributed by atoms with Crippen LogP contribution in [0.15, 0.2) is 6.07 Å². The van der Waals surface area contributed by atoms with Gasteiger partial charge in [0.2, 0.25) is 0 Å². The molecule has 0 aromatic heterocycles. The normalized spacial score (nSPS) is 10.3. The predicted molar refractivity (Wildman–Crippen MR) is 72.2 cm³/mol. The molecular formula is C15H22O3. The molecule has 1 aromatic rings. The fourth-order valence-corrected chi connectivity index (χ4v) is 2.24. The van der Waals surface area contributed by atoms with Crippen molar-refractivity contribution >= 4 is 5.97 Å². The summed E-state index contributed by atoms with van der Waals surface area (Å²) in [6, 6.07) is 2.15. The highest BCUT2D eigenvalue weighted by Crippen LogP contribution is 2.29.